The summed E-state index contributed by atoms with van der Waals surface area (Å²) >= 11 is 0. The molecule has 0 spiro atoms. The molecule has 0 aliphatic rings. The first-order chi connectivity index (χ1) is 12.5. The van der Waals surface area contributed by atoms with Gasteiger partial charge in [0.1, 0.15) is 11.6 Å². The number of amides is 2. The van der Waals surface area contributed by atoms with E-state index in [0.29, 0.717) is 11.2 Å². The molecule has 26 heavy (non-hydrogen) atoms. The number of aromatic nitrogens is 4. The maximum atomic E-state index is 12.3. The number of carbonyl (C=O) groups excluding carboxylic acids is 2. The van der Waals surface area contributed by atoms with Gasteiger partial charge in [0.15, 0.2) is 0 Å². The Morgan fingerprint density at radius 2 is 2.08 bits per heavy atom. The topological polar surface area (TPSA) is 173 Å². The lowest BCUT2D eigenvalue weighted by Crippen LogP contribution is -2.47. The Morgan fingerprint density at radius 1 is 1.27 bits per heavy atom. The number of aromatic amines is 3. The molecule has 3 aromatic rings. The highest BCUT2D eigenvalue weighted by molar-refractivity contribution is 6.01. The number of hydrogen-bond acceptors (Lipinski definition) is 6. The maximum absolute atomic E-state index is 12.3. The summed E-state index contributed by atoms with van der Waals surface area (Å²) in [6.45, 7) is -0.689. The van der Waals surface area contributed by atoms with Gasteiger partial charge in [-0.1, -0.05) is 0 Å². The molecule has 1 atom stereocenters. The van der Waals surface area contributed by atoms with Crippen LogP contribution in [-0.2, 0) is 4.79 Å². The molecule has 0 saturated heterocycles. The van der Waals surface area contributed by atoms with E-state index in [4.69, 9.17) is 0 Å². The van der Waals surface area contributed by atoms with Crippen LogP contribution in [0.25, 0.3) is 10.9 Å². The van der Waals surface area contributed by atoms with Gasteiger partial charge in [-0.2, -0.15) is 5.10 Å². The molecule has 6 N–H and O–H groups in total. The van der Waals surface area contributed by atoms with Gasteiger partial charge in [0, 0.05) is 17.3 Å². The standard InChI is InChI=1S/C15H14N6O5/c22-6-11(19-12(23)9-5-16-15(26)20-13(9)24)14(25)18-8-2-1-7-4-17-21-10(7)3-8/h1-5,11,22H,6H2,(H,17,21)(H,18,25)(H,19,23)(H2,16,20,24,26). The normalized spacial score (nSPS) is 11.9. The molecule has 2 amide bonds. The predicted octanol–water partition coefficient (Wildman–Crippen LogP) is -1.33. The molecular weight excluding hydrogens is 344 g/mol. The summed E-state index contributed by atoms with van der Waals surface area (Å²) in [6, 6.07) is 3.72. The van der Waals surface area contributed by atoms with Crippen LogP contribution < -0.4 is 21.9 Å². The number of H-pyrrole nitrogens is 3. The average Bonchev–Trinajstić information content (AvgIpc) is 3.07. The van der Waals surface area contributed by atoms with E-state index in [1.54, 1.807) is 24.4 Å². The SMILES string of the molecule is O=C(NC(CO)C(=O)Nc1ccc2cn[nH]c2c1)c1c[nH]c(=O)[nH]c1=O. The van der Waals surface area contributed by atoms with Crippen molar-refractivity contribution in [2.45, 2.75) is 6.04 Å². The van der Waals surface area contributed by atoms with Crippen molar-refractivity contribution in [3.63, 3.8) is 0 Å². The quantitative estimate of drug-likeness (QED) is 0.329. The van der Waals surface area contributed by atoms with Crippen molar-refractivity contribution < 1.29 is 14.7 Å². The molecule has 1 aromatic carbocycles. The zero-order chi connectivity index (χ0) is 18.7. The van der Waals surface area contributed by atoms with Crippen LogP contribution in [0.4, 0.5) is 5.69 Å². The number of rotatable bonds is 5. The molecule has 0 saturated carbocycles. The summed E-state index contributed by atoms with van der Waals surface area (Å²) in [5, 5.41) is 21.6. The smallest absolute Gasteiger partial charge is 0.325 e. The van der Waals surface area contributed by atoms with Gasteiger partial charge < -0.3 is 20.7 Å². The Labute approximate surface area is 144 Å². The van der Waals surface area contributed by atoms with Crippen molar-refractivity contribution in [1.29, 1.82) is 0 Å². The zero-order valence-electron chi connectivity index (χ0n) is 13.2. The van der Waals surface area contributed by atoms with Crippen LogP contribution in [0.5, 0.6) is 0 Å². The van der Waals surface area contributed by atoms with Gasteiger partial charge in [-0.05, 0) is 18.2 Å². The Bertz CT molecular complexity index is 1080. The fourth-order valence-corrected chi connectivity index (χ4v) is 2.25. The summed E-state index contributed by atoms with van der Waals surface area (Å²) in [4.78, 5) is 51.0. The molecule has 0 fully saturated rings. The van der Waals surface area contributed by atoms with Crippen LogP contribution in [0.1, 0.15) is 10.4 Å². The second-order valence-electron chi connectivity index (χ2n) is 5.36. The molecule has 134 valence electrons. The highest BCUT2D eigenvalue weighted by Gasteiger charge is 2.22. The lowest BCUT2D eigenvalue weighted by atomic mass is 10.2. The Kier molecular flexibility index (Phi) is 4.62. The molecule has 0 aliphatic heterocycles. The van der Waals surface area contributed by atoms with Crippen molar-refractivity contribution in [2.24, 2.45) is 0 Å². The van der Waals surface area contributed by atoms with Crippen molar-refractivity contribution in [3.8, 4) is 0 Å². The summed E-state index contributed by atoms with van der Waals surface area (Å²) in [7, 11) is 0. The molecule has 0 bridgehead atoms. The Morgan fingerprint density at radius 3 is 2.81 bits per heavy atom. The third-order valence-corrected chi connectivity index (χ3v) is 3.58. The second-order valence-corrected chi connectivity index (χ2v) is 5.36. The maximum Gasteiger partial charge on any atom is 0.325 e. The van der Waals surface area contributed by atoms with Gasteiger partial charge in [-0.25, -0.2) is 4.79 Å². The highest BCUT2D eigenvalue weighted by atomic mass is 16.3. The van der Waals surface area contributed by atoms with Crippen LogP contribution >= 0.6 is 0 Å². The summed E-state index contributed by atoms with van der Waals surface area (Å²) in [6.07, 6.45) is 2.55. The number of hydrogen-bond donors (Lipinski definition) is 6. The molecule has 1 unspecified atom stereocenters. The van der Waals surface area contributed by atoms with Gasteiger partial charge in [-0.15, -0.1) is 0 Å². The van der Waals surface area contributed by atoms with Gasteiger partial charge in [-0.3, -0.25) is 24.5 Å². The third kappa shape index (κ3) is 3.52. The molecular formula is C15H14N6O5. The van der Waals surface area contributed by atoms with Crippen molar-refractivity contribution in [3.05, 3.63) is 57.0 Å². The molecule has 11 heteroatoms. The number of anilines is 1. The van der Waals surface area contributed by atoms with Crippen molar-refractivity contribution in [2.75, 3.05) is 11.9 Å². The van der Waals surface area contributed by atoms with E-state index in [2.05, 4.69) is 25.8 Å². The van der Waals surface area contributed by atoms with Crippen LogP contribution in [0.3, 0.4) is 0 Å². The number of fused-ring (bicyclic) bond motifs is 1. The summed E-state index contributed by atoms with van der Waals surface area (Å²) in [5.41, 5.74) is -0.937. The van der Waals surface area contributed by atoms with E-state index in [-0.39, 0.29) is 0 Å². The van der Waals surface area contributed by atoms with E-state index < -0.39 is 41.3 Å². The van der Waals surface area contributed by atoms with Crippen LogP contribution in [0.15, 0.2) is 40.2 Å². The summed E-state index contributed by atoms with van der Waals surface area (Å²) in [5.74, 6) is -1.60. The van der Waals surface area contributed by atoms with Crippen molar-refractivity contribution in [1.82, 2.24) is 25.5 Å². The van der Waals surface area contributed by atoms with E-state index in [9.17, 15) is 24.3 Å². The predicted molar refractivity (Wildman–Crippen MR) is 90.7 cm³/mol. The average molecular weight is 358 g/mol. The summed E-state index contributed by atoms with van der Waals surface area (Å²) < 4.78 is 0. The van der Waals surface area contributed by atoms with Gasteiger partial charge >= 0.3 is 5.69 Å². The van der Waals surface area contributed by atoms with Crippen LogP contribution in [-0.4, -0.2) is 49.7 Å². The van der Waals surface area contributed by atoms with Crippen molar-refractivity contribution >= 4 is 28.4 Å². The van der Waals surface area contributed by atoms with E-state index >= 15 is 0 Å². The lowest BCUT2D eigenvalue weighted by molar-refractivity contribution is -0.118. The number of carbonyl (C=O) groups is 2. The van der Waals surface area contributed by atoms with Gasteiger partial charge in [0.05, 0.1) is 18.3 Å². The monoisotopic (exact) mass is 358 g/mol. The molecule has 2 aromatic heterocycles. The Balaban J connectivity index is 1.72. The van der Waals surface area contributed by atoms with Gasteiger partial charge in [0.25, 0.3) is 11.5 Å². The van der Waals surface area contributed by atoms with Crippen LogP contribution in [0, 0.1) is 0 Å². The fourth-order valence-electron chi connectivity index (χ4n) is 2.25. The highest BCUT2D eigenvalue weighted by Crippen LogP contribution is 2.16. The Hall–Kier alpha value is -3.73. The minimum atomic E-state index is -1.30. The number of aliphatic hydroxyl groups excluding tert-OH is 1. The van der Waals surface area contributed by atoms with E-state index in [0.717, 1.165) is 11.6 Å². The largest absolute Gasteiger partial charge is 0.394 e. The van der Waals surface area contributed by atoms with E-state index in [1.807, 2.05) is 4.98 Å². The number of aliphatic hydroxyl groups is 1. The van der Waals surface area contributed by atoms with E-state index in [1.165, 1.54) is 0 Å². The first-order valence-electron chi connectivity index (χ1n) is 7.45. The zero-order valence-corrected chi connectivity index (χ0v) is 13.2. The van der Waals surface area contributed by atoms with Gasteiger partial charge in [0.2, 0.25) is 5.91 Å². The van der Waals surface area contributed by atoms with Crippen LogP contribution in [0.2, 0.25) is 0 Å². The molecule has 0 radical (unpaired) electrons. The molecule has 0 aliphatic carbocycles. The minimum absolute atomic E-state index is 0.394. The first-order valence-corrected chi connectivity index (χ1v) is 7.45. The molecule has 11 nitrogen and oxygen atoms in total. The fraction of sp³-hybridized carbons (Fsp3) is 0.133. The first kappa shape index (κ1) is 17.1. The number of nitrogens with one attached hydrogen (secondary N) is 5. The number of benzene rings is 1. The lowest BCUT2D eigenvalue weighted by Gasteiger charge is -2.16. The second kappa shape index (κ2) is 7.03. The number of nitrogens with zero attached hydrogens (tertiary/aromatic N) is 1. The minimum Gasteiger partial charge on any atom is -0.394 e. The molecule has 3 rings (SSSR count). The third-order valence-electron chi connectivity index (χ3n) is 3.58. The molecule has 2 heterocycles.